The Kier molecular flexibility index (Phi) is 8.04. The van der Waals surface area contributed by atoms with Crippen molar-refractivity contribution < 1.29 is 18.4 Å². The molecule has 0 saturated heterocycles. The van der Waals surface area contributed by atoms with E-state index in [-0.39, 0.29) is 34.5 Å². The van der Waals surface area contributed by atoms with Crippen molar-refractivity contribution in [1.29, 1.82) is 0 Å². The van der Waals surface area contributed by atoms with Crippen LogP contribution in [-0.2, 0) is 26.1 Å². The minimum Gasteiger partial charge on any atom is -0.308 e. The van der Waals surface area contributed by atoms with Crippen LogP contribution in [0.4, 0.5) is 0 Å². The topological polar surface area (TPSA) is 83.3 Å². The number of thiazole rings is 1. The predicted molar refractivity (Wildman–Crippen MR) is 124 cm³/mol. The number of hydrogen-bond acceptors (Lipinski definition) is 7. The summed E-state index contributed by atoms with van der Waals surface area (Å²) < 4.78 is 26.2. The Morgan fingerprint density at radius 2 is 1.87 bits per heavy atom. The van der Waals surface area contributed by atoms with Gasteiger partial charge in [-0.1, -0.05) is 49.4 Å². The lowest BCUT2D eigenvalue weighted by molar-refractivity contribution is 0.0966. The first-order valence-corrected chi connectivity index (χ1v) is 13.7. The van der Waals surface area contributed by atoms with Crippen LogP contribution in [0.3, 0.4) is 0 Å². The second kappa shape index (κ2) is 10.0. The first-order valence-electron chi connectivity index (χ1n) is 10.4. The Labute approximate surface area is 197 Å². The van der Waals surface area contributed by atoms with Gasteiger partial charge in [-0.05, 0) is 26.7 Å². The van der Waals surface area contributed by atoms with Crippen LogP contribution in [0.25, 0.3) is 0 Å². The summed E-state index contributed by atoms with van der Waals surface area (Å²) in [4.78, 5) is 18.5. The second-order valence-electron chi connectivity index (χ2n) is 7.92. The Morgan fingerprint density at radius 1 is 1.26 bits per heavy atom. The van der Waals surface area contributed by atoms with Gasteiger partial charge in [0.15, 0.2) is 16.6 Å². The minimum absolute atomic E-state index is 0.00566. The van der Waals surface area contributed by atoms with Crippen LogP contribution >= 0.6 is 42.1 Å². The lowest BCUT2D eigenvalue weighted by Gasteiger charge is -2.31. The van der Waals surface area contributed by atoms with Gasteiger partial charge in [-0.2, -0.15) is 5.10 Å². The average Bonchev–Trinajstić information content (AvgIpc) is 3.28. The maximum absolute atomic E-state index is 13.8. The summed E-state index contributed by atoms with van der Waals surface area (Å²) in [5, 5.41) is 6.73. The van der Waals surface area contributed by atoms with Crippen molar-refractivity contribution in [2.75, 3.05) is 13.2 Å². The number of rotatable bonds is 9. The highest BCUT2D eigenvalue weighted by Crippen LogP contribution is 2.62. The summed E-state index contributed by atoms with van der Waals surface area (Å²) in [6.07, 6.45) is 5.58. The van der Waals surface area contributed by atoms with Gasteiger partial charge in [0.25, 0.3) is 0 Å². The van der Waals surface area contributed by atoms with Crippen LogP contribution < -0.4 is 0 Å². The SMILES string of the molecule is CCOP(=O)(OCC)C(C(=O)c1c(Cl)nn(C)c1Cl)c1csc(C2(C)CCCCC2)n1. The number of aryl methyl sites for hydroxylation is 1. The smallest absolute Gasteiger partial charge is 0.308 e. The summed E-state index contributed by atoms with van der Waals surface area (Å²) in [6, 6.07) is 0. The highest BCUT2D eigenvalue weighted by atomic mass is 35.5. The molecule has 0 N–H and O–H groups in total. The van der Waals surface area contributed by atoms with E-state index in [1.54, 1.807) is 26.3 Å². The average molecular weight is 508 g/mol. The van der Waals surface area contributed by atoms with Crippen LogP contribution in [-0.4, -0.2) is 33.8 Å². The van der Waals surface area contributed by atoms with E-state index in [0.29, 0.717) is 5.69 Å². The first kappa shape index (κ1) is 24.9. The van der Waals surface area contributed by atoms with Crippen molar-refractivity contribution in [3.8, 4) is 0 Å². The molecule has 0 bridgehead atoms. The number of halogens is 2. The summed E-state index contributed by atoms with van der Waals surface area (Å²) in [5.74, 6) is -0.570. The molecule has 31 heavy (non-hydrogen) atoms. The number of nitrogens with zero attached hydrogens (tertiary/aromatic N) is 3. The van der Waals surface area contributed by atoms with E-state index in [9.17, 15) is 9.36 Å². The largest absolute Gasteiger partial charge is 0.347 e. The predicted octanol–water partition coefficient (Wildman–Crippen LogP) is 6.60. The maximum Gasteiger partial charge on any atom is 0.347 e. The molecule has 0 aromatic carbocycles. The fourth-order valence-electron chi connectivity index (χ4n) is 4.03. The van der Waals surface area contributed by atoms with E-state index >= 15 is 0 Å². The van der Waals surface area contributed by atoms with E-state index in [2.05, 4.69) is 12.0 Å². The molecule has 0 aliphatic heterocycles. The molecular weight excluding hydrogens is 480 g/mol. The molecule has 0 radical (unpaired) electrons. The van der Waals surface area contributed by atoms with E-state index in [1.165, 1.54) is 22.4 Å². The fraction of sp³-hybridized carbons (Fsp3) is 0.650. The molecule has 1 saturated carbocycles. The fourth-order valence-corrected chi connectivity index (χ4v) is 7.73. The lowest BCUT2D eigenvalue weighted by Crippen LogP contribution is -2.25. The number of ketones is 1. The molecule has 1 aliphatic rings. The van der Waals surface area contributed by atoms with Crippen molar-refractivity contribution >= 4 is 47.9 Å². The molecule has 1 fully saturated rings. The van der Waals surface area contributed by atoms with Crippen molar-refractivity contribution in [2.45, 2.75) is 63.9 Å². The van der Waals surface area contributed by atoms with Crippen LogP contribution in [0.2, 0.25) is 10.3 Å². The molecule has 0 spiro atoms. The zero-order valence-corrected chi connectivity index (χ0v) is 21.4. The van der Waals surface area contributed by atoms with Crippen molar-refractivity contribution in [3.63, 3.8) is 0 Å². The van der Waals surface area contributed by atoms with Gasteiger partial charge in [-0.3, -0.25) is 14.0 Å². The molecule has 1 atom stereocenters. The van der Waals surface area contributed by atoms with Gasteiger partial charge in [-0.25, -0.2) is 4.98 Å². The van der Waals surface area contributed by atoms with Gasteiger partial charge in [0, 0.05) is 17.8 Å². The van der Waals surface area contributed by atoms with E-state index in [4.69, 9.17) is 37.2 Å². The van der Waals surface area contributed by atoms with Crippen LogP contribution in [0, 0.1) is 0 Å². The van der Waals surface area contributed by atoms with Crippen LogP contribution in [0.5, 0.6) is 0 Å². The maximum atomic E-state index is 13.8. The molecule has 2 heterocycles. The molecule has 7 nitrogen and oxygen atoms in total. The highest BCUT2D eigenvalue weighted by Gasteiger charge is 2.46. The Balaban J connectivity index is 2.11. The van der Waals surface area contributed by atoms with Crippen molar-refractivity contribution in [2.24, 2.45) is 7.05 Å². The monoisotopic (exact) mass is 507 g/mol. The van der Waals surface area contributed by atoms with Crippen molar-refractivity contribution in [1.82, 2.24) is 14.8 Å². The first-order chi connectivity index (χ1) is 14.7. The van der Waals surface area contributed by atoms with E-state index in [0.717, 1.165) is 30.7 Å². The second-order valence-corrected chi connectivity index (χ2v) is 11.6. The minimum atomic E-state index is -3.91. The molecular formula is C20H28Cl2N3O4PS. The third kappa shape index (κ3) is 4.94. The molecule has 1 aliphatic carbocycles. The lowest BCUT2D eigenvalue weighted by atomic mass is 9.76. The van der Waals surface area contributed by atoms with Gasteiger partial charge in [0.1, 0.15) is 5.15 Å². The molecule has 11 heteroatoms. The molecule has 2 aromatic rings. The third-order valence-corrected chi connectivity index (χ3v) is 9.87. The number of hydrogen-bond donors (Lipinski definition) is 0. The zero-order chi connectivity index (χ0) is 22.8. The molecule has 2 aromatic heterocycles. The quantitative estimate of drug-likeness (QED) is 0.281. The Bertz CT molecular complexity index is 977. The molecule has 3 rings (SSSR count). The molecule has 172 valence electrons. The van der Waals surface area contributed by atoms with Gasteiger partial charge in [0.05, 0.1) is 29.5 Å². The van der Waals surface area contributed by atoms with E-state index in [1.807, 2.05) is 0 Å². The molecule has 0 amide bonds. The van der Waals surface area contributed by atoms with Crippen molar-refractivity contribution in [3.05, 3.63) is 32.0 Å². The summed E-state index contributed by atoms with van der Waals surface area (Å²) in [7, 11) is -2.33. The van der Waals surface area contributed by atoms with Gasteiger partial charge in [-0.15, -0.1) is 11.3 Å². The van der Waals surface area contributed by atoms with E-state index < -0.39 is 19.0 Å². The Hall–Kier alpha value is -0.760. The standard InChI is InChI=1S/C20H28Cl2N3O4PS/c1-5-28-30(27,29-6-2)16(15(26)14-17(21)24-25(4)18(14)22)13-12-31-19(23-13)20(3)10-8-7-9-11-20/h12,16H,5-11H2,1-4H3. The summed E-state index contributed by atoms with van der Waals surface area (Å²) in [5.41, 5.74) is -0.977. The van der Waals surface area contributed by atoms with Gasteiger partial charge < -0.3 is 9.05 Å². The molecule has 1 unspecified atom stereocenters. The number of carbonyl (C=O) groups is 1. The third-order valence-electron chi connectivity index (χ3n) is 5.64. The van der Waals surface area contributed by atoms with Crippen LogP contribution in [0.1, 0.15) is 79.6 Å². The number of aromatic nitrogens is 3. The summed E-state index contributed by atoms with van der Waals surface area (Å²) >= 11 is 14.0. The zero-order valence-electron chi connectivity index (χ0n) is 18.2. The summed E-state index contributed by atoms with van der Waals surface area (Å²) in [6.45, 7) is 5.83. The Morgan fingerprint density at radius 3 is 2.39 bits per heavy atom. The number of Topliss-reactive ketones (excluding diaryl/α,β-unsaturated/α-hetero) is 1. The highest BCUT2D eigenvalue weighted by molar-refractivity contribution is 7.55. The normalized spacial score (nSPS) is 17.6. The number of carbonyl (C=O) groups excluding carboxylic acids is 1. The van der Waals surface area contributed by atoms with Gasteiger partial charge in [0.2, 0.25) is 0 Å². The van der Waals surface area contributed by atoms with Crippen LogP contribution in [0.15, 0.2) is 5.38 Å². The van der Waals surface area contributed by atoms with Gasteiger partial charge >= 0.3 is 7.60 Å².